The van der Waals surface area contributed by atoms with Crippen LogP contribution < -0.4 is 9.47 Å². The number of benzene rings is 9. The second-order valence-electron chi connectivity index (χ2n) is 19.4. The fourth-order valence-electron chi connectivity index (χ4n) is 9.95. The van der Waals surface area contributed by atoms with Crippen LogP contribution in [0.2, 0.25) is 0 Å². The lowest BCUT2D eigenvalue weighted by Gasteiger charge is -2.35. The highest BCUT2D eigenvalue weighted by Gasteiger charge is 2.36. The Balaban J connectivity index is 0.000000157. The van der Waals surface area contributed by atoms with Crippen LogP contribution >= 0.6 is 0 Å². The molecule has 0 saturated carbocycles. The normalized spacial score (nSPS) is 14.0. The molecule has 1 atom stereocenters. The largest absolute Gasteiger partial charge is 0.457 e. The standard InChI is InChI=1S/C33H26O3S.C32H25NO2S/c1-33(2)29-18-16-25(23-10-5-3-6-11-23)21-31(29)36-32-22-26(17-19-30(32)33)24-12-9-15-28(20-24)37(34,35)27-13-7-4-8-14-27;1-32(2)28-15-13-23(22-8-6-12-27(18-22)36(34)26-10-4-3-5-11-26)19-30(28)35-31-20-24(14-16-29(31)32)25-9-7-17-33-21-25/h3-22H,1-2H3;3-21H,1-2H3. The topological polar surface area (TPSA) is 82.6 Å². The van der Waals surface area contributed by atoms with Gasteiger partial charge >= 0.3 is 0 Å². The van der Waals surface area contributed by atoms with Crippen LogP contribution in [0.5, 0.6) is 23.0 Å². The minimum Gasteiger partial charge on any atom is -0.457 e. The molecular formula is C65H51NO5S2. The van der Waals surface area contributed by atoms with Crippen LogP contribution in [0, 0.1) is 0 Å². The van der Waals surface area contributed by atoms with Crippen LogP contribution in [-0.2, 0) is 31.5 Å². The fraction of sp³-hybridized carbons (Fsp3) is 0.0923. The second-order valence-corrected chi connectivity index (χ2v) is 22.8. The van der Waals surface area contributed by atoms with Gasteiger partial charge in [-0.15, -0.1) is 0 Å². The van der Waals surface area contributed by atoms with Gasteiger partial charge in [0.25, 0.3) is 0 Å². The quantitative estimate of drug-likeness (QED) is 0.151. The van der Waals surface area contributed by atoms with Gasteiger partial charge in [-0.25, -0.2) is 12.6 Å². The number of aromatic nitrogens is 1. The van der Waals surface area contributed by atoms with Gasteiger partial charge in [-0.2, -0.15) is 0 Å². The van der Waals surface area contributed by atoms with Crippen molar-refractivity contribution >= 4 is 20.6 Å². The van der Waals surface area contributed by atoms with Crippen molar-refractivity contribution in [1.29, 1.82) is 0 Å². The predicted molar refractivity (Wildman–Crippen MR) is 293 cm³/mol. The molecule has 0 fully saturated rings. The van der Waals surface area contributed by atoms with Crippen molar-refractivity contribution in [1.82, 2.24) is 4.98 Å². The zero-order chi connectivity index (χ0) is 50.3. The molecule has 1 unspecified atom stereocenters. The van der Waals surface area contributed by atoms with Gasteiger partial charge in [0.2, 0.25) is 9.84 Å². The van der Waals surface area contributed by atoms with E-state index in [1.165, 1.54) is 0 Å². The number of ether oxygens (including phenoxy) is 2. The molecule has 0 N–H and O–H groups in total. The number of fused-ring (bicyclic) bond motifs is 4. The minimum atomic E-state index is -3.61. The molecule has 6 nitrogen and oxygen atoms in total. The Morgan fingerprint density at radius 2 is 0.753 bits per heavy atom. The van der Waals surface area contributed by atoms with Gasteiger partial charge in [0, 0.05) is 60.8 Å². The molecule has 0 spiro atoms. The number of hydrogen-bond donors (Lipinski definition) is 0. The molecule has 0 amide bonds. The van der Waals surface area contributed by atoms with E-state index in [4.69, 9.17) is 9.47 Å². The predicted octanol–water partition coefficient (Wildman–Crippen LogP) is 16.3. The molecule has 0 bridgehead atoms. The first-order chi connectivity index (χ1) is 35.3. The molecule has 73 heavy (non-hydrogen) atoms. The molecule has 10 aromatic rings. The maximum absolute atomic E-state index is 13.2. The number of pyridine rings is 1. The van der Waals surface area contributed by atoms with Gasteiger partial charge < -0.3 is 9.47 Å². The van der Waals surface area contributed by atoms with Gasteiger partial charge in [0.05, 0.1) is 20.6 Å². The van der Waals surface area contributed by atoms with Crippen molar-refractivity contribution in [3.63, 3.8) is 0 Å². The van der Waals surface area contributed by atoms with Crippen LogP contribution in [0.15, 0.2) is 256 Å². The van der Waals surface area contributed by atoms with Gasteiger partial charge in [0.1, 0.15) is 23.0 Å². The molecule has 0 saturated heterocycles. The van der Waals surface area contributed by atoms with E-state index in [2.05, 4.69) is 118 Å². The Bertz CT molecular complexity index is 3820. The first kappa shape index (κ1) is 47.2. The Hall–Kier alpha value is -8.17. The molecule has 8 heteroatoms. The molecular weight excluding hydrogens is 939 g/mol. The summed E-state index contributed by atoms with van der Waals surface area (Å²) < 4.78 is 52.5. The lowest BCUT2D eigenvalue weighted by Crippen LogP contribution is -2.24. The van der Waals surface area contributed by atoms with Crippen LogP contribution in [0.4, 0.5) is 0 Å². The first-order valence-corrected chi connectivity index (χ1v) is 26.9. The average molecular weight is 990 g/mol. The monoisotopic (exact) mass is 989 g/mol. The fourth-order valence-corrected chi connectivity index (χ4v) is 12.4. The Morgan fingerprint density at radius 3 is 1.26 bits per heavy atom. The Morgan fingerprint density at radius 1 is 0.370 bits per heavy atom. The van der Waals surface area contributed by atoms with Crippen LogP contribution in [0.25, 0.3) is 44.5 Å². The lowest BCUT2D eigenvalue weighted by atomic mass is 9.75. The lowest BCUT2D eigenvalue weighted by molar-refractivity contribution is 0.418. The maximum Gasteiger partial charge on any atom is 0.206 e. The van der Waals surface area contributed by atoms with Crippen LogP contribution in [-0.4, -0.2) is 17.6 Å². The van der Waals surface area contributed by atoms with Crippen molar-refractivity contribution in [2.75, 3.05) is 0 Å². The smallest absolute Gasteiger partial charge is 0.206 e. The summed E-state index contributed by atoms with van der Waals surface area (Å²) in [6.07, 6.45) is 3.65. The summed E-state index contributed by atoms with van der Waals surface area (Å²) in [5.74, 6) is 3.35. The van der Waals surface area contributed by atoms with Crippen LogP contribution in [0.1, 0.15) is 49.9 Å². The molecule has 1 aromatic heterocycles. The summed E-state index contributed by atoms with van der Waals surface area (Å²) in [6, 6.07) is 72.8. The third kappa shape index (κ3) is 9.09. The average Bonchev–Trinajstić information content (AvgIpc) is 3.43. The summed E-state index contributed by atoms with van der Waals surface area (Å²) in [5.41, 5.74) is 12.3. The van der Waals surface area contributed by atoms with Crippen molar-refractivity contribution in [3.8, 4) is 67.5 Å². The number of hydrogen-bond acceptors (Lipinski definition) is 6. The third-order valence-corrected chi connectivity index (χ3v) is 17.2. The highest BCUT2D eigenvalue weighted by atomic mass is 32.2. The zero-order valence-electron chi connectivity index (χ0n) is 40.8. The van der Waals surface area contributed by atoms with Crippen molar-refractivity contribution in [3.05, 3.63) is 259 Å². The van der Waals surface area contributed by atoms with Crippen molar-refractivity contribution < 1.29 is 22.1 Å². The molecule has 12 rings (SSSR count). The van der Waals surface area contributed by atoms with Crippen molar-refractivity contribution in [2.24, 2.45) is 0 Å². The minimum absolute atomic E-state index is 0.203. The summed E-state index contributed by atoms with van der Waals surface area (Å²) in [7, 11) is -4.84. The van der Waals surface area contributed by atoms with E-state index in [9.17, 15) is 12.6 Å². The summed E-state index contributed by atoms with van der Waals surface area (Å²) in [5, 5.41) is 0. The Kier molecular flexibility index (Phi) is 12.3. The van der Waals surface area contributed by atoms with E-state index in [-0.39, 0.29) is 20.6 Å². The molecule has 9 aromatic carbocycles. The number of nitrogens with zero attached hydrogens (tertiary/aromatic N) is 1. The molecule has 2 aliphatic heterocycles. The number of rotatable bonds is 8. The van der Waals surface area contributed by atoms with E-state index < -0.39 is 20.6 Å². The van der Waals surface area contributed by atoms with E-state index in [0.29, 0.717) is 0 Å². The SMILES string of the molecule is CC1(C)c2ccc(-c3ccccc3)cc2Oc2cc(-c3cccc(S(=O)(=O)c4ccccc4)c3)ccc21.CC1(C)c2ccc(-c3cccnc3)cc2Oc2cc(-c3cccc(S(=O)c4ccccc4)c3)ccc21. The van der Waals surface area contributed by atoms with Gasteiger partial charge in [-0.1, -0.05) is 173 Å². The van der Waals surface area contributed by atoms with E-state index >= 15 is 0 Å². The second kappa shape index (κ2) is 19.1. The third-order valence-electron chi connectivity index (χ3n) is 14.0. The van der Waals surface area contributed by atoms with Gasteiger partial charge in [-0.05, 0) is 118 Å². The maximum atomic E-state index is 13.2. The van der Waals surface area contributed by atoms with Gasteiger partial charge in [0.15, 0.2) is 0 Å². The number of sulfone groups is 1. The molecule has 2 aliphatic rings. The molecule has 3 heterocycles. The van der Waals surface area contributed by atoms with Gasteiger partial charge in [-0.3, -0.25) is 4.98 Å². The molecule has 358 valence electrons. The molecule has 0 radical (unpaired) electrons. The molecule has 0 aliphatic carbocycles. The Labute approximate surface area is 430 Å². The first-order valence-electron chi connectivity index (χ1n) is 24.2. The van der Waals surface area contributed by atoms with E-state index in [1.54, 1.807) is 48.7 Å². The van der Waals surface area contributed by atoms with Crippen molar-refractivity contribution in [2.45, 2.75) is 58.1 Å². The van der Waals surface area contributed by atoms with Crippen LogP contribution in [0.3, 0.4) is 0 Å². The highest BCUT2D eigenvalue weighted by Crippen LogP contribution is 2.51. The van der Waals surface area contributed by atoms with E-state index in [1.807, 2.05) is 103 Å². The summed E-state index contributed by atoms with van der Waals surface area (Å²) in [4.78, 5) is 6.40. The zero-order valence-corrected chi connectivity index (χ0v) is 42.5. The summed E-state index contributed by atoms with van der Waals surface area (Å²) in [6.45, 7) is 8.89. The van der Waals surface area contributed by atoms with E-state index in [0.717, 1.165) is 99.6 Å². The highest BCUT2D eigenvalue weighted by molar-refractivity contribution is 7.91. The summed E-state index contributed by atoms with van der Waals surface area (Å²) >= 11 is 0.